The van der Waals surface area contributed by atoms with Crippen molar-refractivity contribution in [3.8, 4) is 0 Å². The summed E-state index contributed by atoms with van der Waals surface area (Å²) in [5.41, 5.74) is 1.61. The average Bonchev–Trinajstić information content (AvgIpc) is 2.23. The van der Waals surface area contributed by atoms with Crippen LogP contribution >= 0.6 is 0 Å². The zero-order valence-corrected chi connectivity index (χ0v) is 9.08. The van der Waals surface area contributed by atoms with Crippen LogP contribution in [-0.2, 0) is 0 Å². The number of rotatable bonds is 2. The van der Waals surface area contributed by atoms with E-state index in [1.165, 1.54) is 45.6 Å². The maximum atomic E-state index is 2.57. The summed E-state index contributed by atoms with van der Waals surface area (Å²) in [5.74, 6) is 0. The number of piperazine rings is 1. The summed E-state index contributed by atoms with van der Waals surface area (Å²) < 4.78 is 0. The third-order valence-corrected chi connectivity index (χ3v) is 3.12. The first kappa shape index (κ1) is 9.94. The predicted octanol–water partition coefficient (Wildman–Crippen LogP) is 1.51. The fourth-order valence-corrected chi connectivity index (χ4v) is 2.08. The highest BCUT2D eigenvalue weighted by molar-refractivity contribution is 5.18. The van der Waals surface area contributed by atoms with E-state index in [4.69, 9.17) is 0 Å². The van der Waals surface area contributed by atoms with Crippen molar-refractivity contribution in [1.82, 2.24) is 9.80 Å². The van der Waals surface area contributed by atoms with Crippen LogP contribution in [-0.4, -0.2) is 49.6 Å². The van der Waals surface area contributed by atoms with Crippen LogP contribution in [0.1, 0.15) is 12.8 Å². The summed E-state index contributed by atoms with van der Waals surface area (Å²) in [7, 11) is 2.21. The Morgan fingerprint density at radius 2 is 2.00 bits per heavy atom. The minimum absolute atomic E-state index is 1.19. The molecule has 1 aliphatic carbocycles. The van der Waals surface area contributed by atoms with E-state index < -0.39 is 0 Å². The maximum absolute atomic E-state index is 2.57. The molecule has 0 aromatic heterocycles. The zero-order valence-electron chi connectivity index (χ0n) is 9.08. The second-order valence-corrected chi connectivity index (χ2v) is 4.37. The number of allylic oxidation sites excluding steroid dienone is 3. The summed E-state index contributed by atoms with van der Waals surface area (Å²) >= 11 is 0. The summed E-state index contributed by atoms with van der Waals surface area (Å²) in [5, 5.41) is 0. The van der Waals surface area contributed by atoms with Crippen LogP contribution in [0.3, 0.4) is 0 Å². The normalized spacial score (nSPS) is 25.1. The predicted molar refractivity (Wildman–Crippen MR) is 60.4 cm³/mol. The van der Waals surface area contributed by atoms with Gasteiger partial charge in [-0.15, -0.1) is 0 Å². The fraction of sp³-hybridized carbons (Fsp3) is 0.667. The van der Waals surface area contributed by atoms with Gasteiger partial charge in [0.05, 0.1) is 0 Å². The van der Waals surface area contributed by atoms with Gasteiger partial charge >= 0.3 is 0 Å². The Kier molecular flexibility index (Phi) is 3.38. The molecule has 0 N–H and O–H groups in total. The number of hydrogen-bond donors (Lipinski definition) is 0. The van der Waals surface area contributed by atoms with Crippen LogP contribution in [0.15, 0.2) is 23.8 Å². The minimum Gasteiger partial charge on any atom is -0.304 e. The SMILES string of the molecule is CN1CCN(CC2=CC=CCC2)CC1. The first-order chi connectivity index (χ1) is 6.84. The van der Waals surface area contributed by atoms with Gasteiger partial charge in [-0.3, -0.25) is 4.90 Å². The van der Waals surface area contributed by atoms with Gasteiger partial charge in [0, 0.05) is 32.7 Å². The van der Waals surface area contributed by atoms with Crippen molar-refractivity contribution in [1.29, 1.82) is 0 Å². The first-order valence-corrected chi connectivity index (χ1v) is 5.60. The van der Waals surface area contributed by atoms with Gasteiger partial charge in [0.25, 0.3) is 0 Å². The molecule has 0 bridgehead atoms. The number of likely N-dealkylation sites (N-methyl/N-ethyl adjacent to an activating group) is 1. The van der Waals surface area contributed by atoms with Crippen LogP contribution in [0.5, 0.6) is 0 Å². The van der Waals surface area contributed by atoms with Crippen molar-refractivity contribution in [3.63, 3.8) is 0 Å². The standard InChI is InChI=1S/C12H20N2/c1-13-7-9-14(10-8-13)11-12-5-3-2-4-6-12/h2-3,5H,4,6-11H2,1H3. The molecule has 1 fully saturated rings. The van der Waals surface area contributed by atoms with E-state index in [2.05, 4.69) is 35.1 Å². The molecule has 1 aliphatic heterocycles. The van der Waals surface area contributed by atoms with Crippen molar-refractivity contribution < 1.29 is 0 Å². The molecule has 0 unspecified atom stereocenters. The van der Waals surface area contributed by atoms with Gasteiger partial charge in [-0.2, -0.15) is 0 Å². The molecule has 0 spiro atoms. The molecule has 0 amide bonds. The summed E-state index contributed by atoms with van der Waals surface area (Å²) in [4.78, 5) is 4.98. The smallest absolute Gasteiger partial charge is 0.0197 e. The van der Waals surface area contributed by atoms with E-state index in [0.717, 1.165) is 0 Å². The Morgan fingerprint density at radius 1 is 1.21 bits per heavy atom. The molecule has 0 saturated carbocycles. The van der Waals surface area contributed by atoms with E-state index in [0.29, 0.717) is 0 Å². The third-order valence-electron chi connectivity index (χ3n) is 3.12. The molecule has 78 valence electrons. The molecule has 2 nitrogen and oxygen atoms in total. The summed E-state index contributed by atoms with van der Waals surface area (Å²) in [6, 6.07) is 0. The van der Waals surface area contributed by atoms with E-state index >= 15 is 0 Å². The highest BCUT2D eigenvalue weighted by Gasteiger charge is 2.14. The molecule has 14 heavy (non-hydrogen) atoms. The summed E-state index contributed by atoms with van der Waals surface area (Å²) in [6.07, 6.45) is 9.26. The molecular weight excluding hydrogens is 172 g/mol. The van der Waals surface area contributed by atoms with Gasteiger partial charge in [0.1, 0.15) is 0 Å². The van der Waals surface area contributed by atoms with Crippen molar-refractivity contribution in [2.24, 2.45) is 0 Å². The molecule has 1 saturated heterocycles. The van der Waals surface area contributed by atoms with Crippen LogP contribution < -0.4 is 0 Å². The van der Waals surface area contributed by atoms with Crippen molar-refractivity contribution in [2.75, 3.05) is 39.8 Å². The Balaban J connectivity index is 1.80. The molecule has 1 heterocycles. The molecular formula is C12H20N2. The lowest BCUT2D eigenvalue weighted by molar-refractivity contribution is 0.163. The van der Waals surface area contributed by atoms with Gasteiger partial charge in [0.2, 0.25) is 0 Å². The lowest BCUT2D eigenvalue weighted by Gasteiger charge is -2.33. The lowest BCUT2D eigenvalue weighted by Crippen LogP contribution is -2.45. The van der Waals surface area contributed by atoms with E-state index in [9.17, 15) is 0 Å². The molecule has 2 rings (SSSR count). The highest BCUT2D eigenvalue weighted by atomic mass is 15.2. The van der Waals surface area contributed by atoms with Crippen molar-refractivity contribution in [2.45, 2.75) is 12.8 Å². The zero-order chi connectivity index (χ0) is 9.80. The van der Waals surface area contributed by atoms with Gasteiger partial charge in [0.15, 0.2) is 0 Å². The quantitative estimate of drug-likeness (QED) is 0.654. The van der Waals surface area contributed by atoms with E-state index in [-0.39, 0.29) is 0 Å². The maximum Gasteiger partial charge on any atom is 0.0197 e. The monoisotopic (exact) mass is 192 g/mol. The molecule has 0 radical (unpaired) electrons. The fourth-order valence-electron chi connectivity index (χ4n) is 2.08. The Morgan fingerprint density at radius 3 is 2.64 bits per heavy atom. The van der Waals surface area contributed by atoms with E-state index in [1.807, 2.05) is 0 Å². The van der Waals surface area contributed by atoms with Gasteiger partial charge < -0.3 is 4.90 Å². The molecule has 0 aromatic carbocycles. The second kappa shape index (κ2) is 4.76. The molecule has 2 heteroatoms. The molecule has 0 aromatic rings. The number of hydrogen-bond acceptors (Lipinski definition) is 2. The van der Waals surface area contributed by atoms with Gasteiger partial charge in [-0.25, -0.2) is 0 Å². The van der Waals surface area contributed by atoms with E-state index in [1.54, 1.807) is 5.57 Å². The largest absolute Gasteiger partial charge is 0.304 e. The van der Waals surface area contributed by atoms with Crippen LogP contribution in [0.25, 0.3) is 0 Å². The average molecular weight is 192 g/mol. The Hall–Kier alpha value is -0.600. The first-order valence-electron chi connectivity index (χ1n) is 5.60. The lowest BCUT2D eigenvalue weighted by atomic mass is 10.0. The van der Waals surface area contributed by atoms with Crippen LogP contribution in [0, 0.1) is 0 Å². The van der Waals surface area contributed by atoms with Gasteiger partial charge in [-0.05, 0) is 19.9 Å². The highest BCUT2D eigenvalue weighted by Crippen LogP contribution is 2.13. The van der Waals surface area contributed by atoms with Crippen LogP contribution in [0.4, 0.5) is 0 Å². The Labute approximate surface area is 86.9 Å². The number of nitrogens with zero attached hydrogens (tertiary/aromatic N) is 2. The van der Waals surface area contributed by atoms with Crippen LogP contribution in [0.2, 0.25) is 0 Å². The topological polar surface area (TPSA) is 6.48 Å². The molecule has 2 aliphatic rings. The Bertz CT molecular complexity index is 235. The van der Waals surface area contributed by atoms with Crippen molar-refractivity contribution in [3.05, 3.63) is 23.8 Å². The summed E-state index contributed by atoms with van der Waals surface area (Å²) in [6.45, 7) is 6.11. The van der Waals surface area contributed by atoms with Gasteiger partial charge in [-0.1, -0.05) is 23.8 Å². The third kappa shape index (κ3) is 2.69. The molecule has 0 atom stereocenters. The minimum atomic E-state index is 1.19. The second-order valence-electron chi connectivity index (χ2n) is 4.37. The van der Waals surface area contributed by atoms with Crippen molar-refractivity contribution >= 4 is 0 Å².